The second-order valence-corrected chi connectivity index (χ2v) is 6.83. The topological polar surface area (TPSA) is 91.4 Å². The van der Waals surface area contributed by atoms with Crippen LogP contribution < -0.4 is 9.47 Å². The largest absolute Gasteiger partial charge is 0.466 e. The predicted molar refractivity (Wildman–Crippen MR) is 103 cm³/mol. The normalized spacial score (nSPS) is 22.2. The van der Waals surface area contributed by atoms with E-state index in [1.807, 2.05) is 12.1 Å². The van der Waals surface area contributed by atoms with Gasteiger partial charge in [0.2, 0.25) is 6.79 Å². The molecule has 0 unspecified atom stereocenters. The first kappa shape index (κ1) is 20.7. The number of ether oxygens (including phenoxy) is 4. The van der Waals surface area contributed by atoms with Crippen molar-refractivity contribution in [2.45, 2.75) is 31.7 Å². The van der Waals surface area contributed by atoms with Gasteiger partial charge in [-0.25, -0.2) is 4.79 Å². The van der Waals surface area contributed by atoms with Gasteiger partial charge in [-0.3, -0.25) is 4.79 Å². The molecule has 3 atom stereocenters. The summed E-state index contributed by atoms with van der Waals surface area (Å²) in [6.45, 7) is 5.99. The molecule has 0 N–H and O–H groups in total. The highest BCUT2D eigenvalue weighted by Crippen LogP contribution is 2.43. The van der Waals surface area contributed by atoms with Crippen LogP contribution in [0.5, 0.6) is 11.5 Å². The summed E-state index contributed by atoms with van der Waals surface area (Å²) in [7, 11) is 0. The molecule has 0 radical (unpaired) electrons. The molecule has 1 fully saturated rings. The molecular weight excluding hydrogens is 378 g/mol. The van der Waals surface area contributed by atoms with Gasteiger partial charge in [-0.15, -0.1) is 0 Å². The number of amides is 1. The lowest BCUT2D eigenvalue weighted by Gasteiger charge is -2.26. The first-order chi connectivity index (χ1) is 14.1. The van der Waals surface area contributed by atoms with Crippen LogP contribution in [0.25, 0.3) is 0 Å². The Morgan fingerprint density at radius 2 is 2.07 bits per heavy atom. The highest BCUT2D eigenvalue weighted by molar-refractivity contribution is 5.78. The zero-order valence-electron chi connectivity index (χ0n) is 16.4. The Morgan fingerprint density at radius 1 is 1.28 bits per heavy atom. The third-order valence-corrected chi connectivity index (χ3v) is 5.16. The number of benzene rings is 1. The van der Waals surface area contributed by atoms with E-state index in [-0.39, 0.29) is 38.9 Å². The van der Waals surface area contributed by atoms with Crippen molar-refractivity contribution in [2.75, 3.05) is 26.6 Å². The van der Waals surface area contributed by atoms with Gasteiger partial charge in [0.15, 0.2) is 11.5 Å². The summed E-state index contributed by atoms with van der Waals surface area (Å²) >= 11 is 0. The Morgan fingerprint density at radius 3 is 2.79 bits per heavy atom. The number of likely N-dealkylation sites (tertiary alicyclic amines) is 1. The van der Waals surface area contributed by atoms with Crippen LogP contribution in [0, 0.1) is 5.92 Å². The molecule has 0 saturated carbocycles. The van der Waals surface area contributed by atoms with E-state index in [1.54, 1.807) is 13.0 Å². The minimum atomic E-state index is -0.619. The fourth-order valence-electron chi connectivity index (χ4n) is 3.94. The molecule has 156 valence electrons. The van der Waals surface area contributed by atoms with Gasteiger partial charge in [0.25, 0.3) is 0 Å². The monoisotopic (exact) mass is 403 g/mol. The Bertz CT molecular complexity index is 778. The Labute approximate surface area is 169 Å². The van der Waals surface area contributed by atoms with Crippen molar-refractivity contribution >= 4 is 18.3 Å². The van der Waals surface area contributed by atoms with E-state index in [0.717, 1.165) is 11.8 Å². The highest BCUT2D eigenvalue weighted by Gasteiger charge is 2.49. The van der Waals surface area contributed by atoms with E-state index < -0.39 is 24.0 Å². The maximum absolute atomic E-state index is 12.9. The van der Waals surface area contributed by atoms with Gasteiger partial charge < -0.3 is 28.6 Å². The maximum atomic E-state index is 12.9. The number of rotatable bonds is 8. The van der Waals surface area contributed by atoms with Crippen LogP contribution >= 0.6 is 0 Å². The van der Waals surface area contributed by atoms with E-state index >= 15 is 0 Å². The first-order valence-electron chi connectivity index (χ1n) is 9.64. The maximum Gasteiger partial charge on any atom is 0.410 e. The molecule has 2 heterocycles. The van der Waals surface area contributed by atoms with Crippen LogP contribution in [0.15, 0.2) is 30.9 Å². The Balaban J connectivity index is 1.95. The lowest BCUT2D eigenvalue weighted by atomic mass is 9.83. The standard InChI is InChI=1S/C21H25NO7/c1-3-10-27-21(25)22-12-15(14-7-8-17-18(11-14)29-13-28-17)19(20(24)26-4-2)16(22)6-5-9-23/h3,7-9,11,15-16,19H,1,4-6,10,12-13H2,2H3/t15-,16+,19-/m1/s1. The van der Waals surface area contributed by atoms with Gasteiger partial charge >= 0.3 is 12.1 Å². The molecule has 0 bridgehead atoms. The Kier molecular flexibility index (Phi) is 6.74. The van der Waals surface area contributed by atoms with Crippen molar-refractivity contribution in [3.63, 3.8) is 0 Å². The lowest BCUT2D eigenvalue weighted by molar-refractivity contribution is -0.149. The van der Waals surface area contributed by atoms with Gasteiger partial charge in [-0.2, -0.15) is 0 Å². The minimum absolute atomic E-state index is 0.0640. The molecule has 0 spiro atoms. The molecule has 1 amide bonds. The molecule has 2 aliphatic rings. The minimum Gasteiger partial charge on any atom is -0.466 e. The van der Waals surface area contributed by atoms with E-state index in [4.69, 9.17) is 18.9 Å². The SMILES string of the molecule is C=CCOC(=O)N1C[C@H](c2ccc3c(c2)OCO3)[C@@H](C(=O)OCC)[C@@H]1CCC=O. The van der Waals surface area contributed by atoms with Crippen LogP contribution in [0.4, 0.5) is 4.79 Å². The molecule has 1 aromatic carbocycles. The van der Waals surface area contributed by atoms with Crippen molar-refractivity contribution in [1.82, 2.24) is 4.90 Å². The average molecular weight is 403 g/mol. The van der Waals surface area contributed by atoms with Gasteiger partial charge in [0.1, 0.15) is 12.9 Å². The van der Waals surface area contributed by atoms with Crippen LogP contribution in [0.3, 0.4) is 0 Å². The number of aldehydes is 1. The molecule has 1 aromatic rings. The van der Waals surface area contributed by atoms with Crippen LogP contribution in [0.1, 0.15) is 31.2 Å². The second-order valence-electron chi connectivity index (χ2n) is 6.83. The number of fused-ring (bicyclic) bond motifs is 1. The Hall–Kier alpha value is -3.03. The molecule has 29 heavy (non-hydrogen) atoms. The van der Waals surface area contributed by atoms with Gasteiger partial charge in [-0.05, 0) is 31.0 Å². The third-order valence-electron chi connectivity index (χ3n) is 5.16. The molecular formula is C21H25NO7. The number of hydrogen-bond donors (Lipinski definition) is 0. The van der Waals surface area contributed by atoms with Crippen molar-refractivity contribution in [2.24, 2.45) is 5.92 Å². The fourth-order valence-corrected chi connectivity index (χ4v) is 3.94. The predicted octanol–water partition coefficient (Wildman–Crippen LogP) is 2.66. The highest BCUT2D eigenvalue weighted by atomic mass is 16.7. The van der Waals surface area contributed by atoms with E-state index in [1.165, 1.54) is 11.0 Å². The molecule has 2 aliphatic heterocycles. The summed E-state index contributed by atoms with van der Waals surface area (Å²) in [5, 5.41) is 0. The summed E-state index contributed by atoms with van der Waals surface area (Å²) < 4.78 is 21.3. The fraction of sp³-hybridized carbons (Fsp3) is 0.476. The molecule has 1 saturated heterocycles. The first-order valence-corrected chi connectivity index (χ1v) is 9.64. The summed E-state index contributed by atoms with van der Waals surface area (Å²) in [5.41, 5.74) is 0.836. The number of esters is 1. The van der Waals surface area contributed by atoms with E-state index in [0.29, 0.717) is 17.9 Å². The number of hydrogen-bond acceptors (Lipinski definition) is 7. The summed E-state index contributed by atoms with van der Waals surface area (Å²) in [5.74, 6) is -0.102. The average Bonchev–Trinajstić information content (AvgIpc) is 3.34. The molecule has 0 aromatic heterocycles. The summed E-state index contributed by atoms with van der Waals surface area (Å²) in [6.07, 6.45) is 2.28. The number of nitrogens with zero attached hydrogens (tertiary/aromatic N) is 1. The van der Waals surface area contributed by atoms with Crippen molar-refractivity contribution in [1.29, 1.82) is 0 Å². The molecule has 0 aliphatic carbocycles. The van der Waals surface area contributed by atoms with Crippen LogP contribution in [-0.2, 0) is 19.1 Å². The van der Waals surface area contributed by atoms with E-state index in [9.17, 15) is 14.4 Å². The molecule has 8 nitrogen and oxygen atoms in total. The number of carbonyl (C=O) groups is 3. The van der Waals surface area contributed by atoms with E-state index in [2.05, 4.69) is 6.58 Å². The zero-order valence-corrected chi connectivity index (χ0v) is 16.4. The van der Waals surface area contributed by atoms with Gasteiger partial charge in [0.05, 0.1) is 12.5 Å². The smallest absolute Gasteiger partial charge is 0.410 e. The van der Waals surface area contributed by atoms with Gasteiger partial charge in [-0.1, -0.05) is 18.7 Å². The third kappa shape index (κ3) is 4.36. The van der Waals surface area contributed by atoms with Crippen molar-refractivity contribution < 1.29 is 33.3 Å². The quantitative estimate of drug-likeness (QED) is 0.374. The van der Waals surface area contributed by atoms with Crippen molar-refractivity contribution in [3.8, 4) is 11.5 Å². The second kappa shape index (κ2) is 9.45. The van der Waals surface area contributed by atoms with Crippen LogP contribution in [-0.4, -0.2) is 55.8 Å². The van der Waals surface area contributed by atoms with Crippen molar-refractivity contribution in [3.05, 3.63) is 36.4 Å². The van der Waals surface area contributed by atoms with Gasteiger partial charge in [0, 0.05) is 24.9 Å². The van der Waals surface area contributed by atoms with Crippen LogP contribution in [0.2, 0.25) is 0 Å². The zero-order chi connectivity index (χ0) is 20.8. The molecule has 3 rings (SSSR count). The summed E-state index contributed by atoms with van der Waals surface area (Å²) in [6, 6.07) is 4.97. The number of carbonyl (C=O) groups excluding carboxylic acids is 3. The lowest BCUT2D eigenvalue weighted by Crippen LogP contribution is -2.40. The summed E-state index contributed by atoms with van der Waals surface area (Å²) in [4.78, 5) is 38.0. The molecule has 8 heteroatoms.